The van der Waals surface area contributed by atoms with E-state index in [0.717, 1.165) is 25.1 Å². The fraction of sp³-hybridized carbons (Fsp3) is 0.533. The molecule has 0 unspecified atom stereocenters. The second-order valence-electron chi connectivity index (χ2n) is 5.83. The van der Waals surface area contributed by atoms with Gasteiger partial charge in [-0.05, 0) is 23.8 Å². The molecule has 1 heterocycles. The molecule has 1 saturated heterocycles. The van der Waals surface area contributed by atoms with Crippen LogP contribution in [0.2, 0.25) is 0 Å². The Hall–Kier alpha value is -1.51. The zero-order chi connectivity index (χ0) is 13.0. The van der Waals surface area contributed by atoms with Gasteiger partial charge in [0.25, 0.3) is 0 Å². The van der Waals surface area contributed by atoms with E-state index < -0.39 is 0 Å². The molecular formula is C15H22N2O. The van der Waals surface area contributed by atoms with Crippen LogP contribution in [0, 0.1) is 5.41 Å². The van der Waals surface area contributed by atoms with Crippen LogP contribution in [-0.2, 0) is 6.54 Å². The first-order valence-corrected chi connectivity index (χ1v) is 6.64. The lowest BCUT2D eigenvalue weighted by Crippen LogP contribution is -2.47. The summed E-state index contributed by atoms with van der Waals surface area (Å²) in [6.07, 6.45) is 2.31. The highest BCUT2D eigenvalue weighted by molar-refractivity contribution is 5.74. The number of hydrogen-bond donors (Lipinski definition) is 1. The number of likely N-dealkylation sites (tertiary alicyclic amines) is 1. The van der Waals surface area contributed by atoms with Crippen molar-refractivity contribution in [1.82, 2.24) is 10.2 Å². The van der Waals surface area contributed by atoms with Crippen molar-refractivity contribution in [3.8, 4) is 0 Å². The Bertz CT molecular complexity index is 400. The van der Waals surface area contributed by atoms with E-state index in [1.54, 1.807) is 0 Å². The Morgan fingerprint density at radius 3 is 2.72 bits per heavy atom. The van der Waals surface area contributed by atoms with Crippen LogP contribution in [0.15, 0.2) is 30.3 Å². The van der Waals surface area contributed by atoms with Crippen LogP contribution in [-0.4, -0.2) is 24.0 Å². The molecular weight excluding hydrogens is 224 g/mol. The van der Waals surface area contributed by atoms with Crippen LogP contribution >= 0.6 is 0 Å². The molecule has 0 saturated carbocycles. The van der Waals surface area contributed by atoms with Crippen molar-refractivity contribution in [3.63, 3.8) is 0 Å². The number of nitrogens with one attached hydrogen (secondary N) is 1. The normalized spacial score (nSPS) is 18.4. The van der Waals surface area contributed by atoms with E-state index in [0.29, 0.717) is 6.54 Å². The van der Waals surface area contributed by atoms with E-state index in [-0.39, 0.29) is 11.4 Å². The summed E-state index contributed by atoms with van der Waals surface area (Å²) in [6.45, 7) is 6.79. The Labute approximate surface area is 109 Å². The predicted molar refractivity (Wildman–Crippen MR) is 73.3 cm³/mol. The maximum atomic E-state index is 12.1. The minimum atomic E-state index is 0.0617. The second-order valence-corrected chi connectivity index (χ2v) is 5.83. The minimum Gasteiger partial charge on any atom is -0.334 e. The summed E-state index contributed by atoms with van der Waals surface area (Å²) < 4.78 is 0. The van der Waals surface area contributed by atoms with Gasteiger partial charge in [-0.2, -0.15) is 0 Å². The van der Waals surface area contributed by atoms with Crippen LogP contribution < -0.4 is 5.32 Å². The third-order valence-electron chi connectivity index (χ3n) is 3.47. The van der Waals surface area contributed by atoms with Gasteiger partial charge in [-0.15, -0.1) is 0 Å². The van der Waals surface area contributed by atoms with Crippen LogP contribution in [0.3, 0.4) is 0 Å². The standard InChI is InChI=1S/C15H22N2O/c1-15(2)9-6-10-17(12-15)14(18)16-11-13-7-4-3-5-8-13/h3-5,7-8H,6,9-12H2,1-2H3,(H,16,18). The number of hydrogen-bond acceptors (Lipinski definition) is 1. The SMILES string of the molecule is CC1(C)CCCN(C(=O)NCc2ccccc2)C1. The van der Waals surface area contributed by atoms with Crippen LogP contribution in [0.5, 0.6) is 0 Å². The van der Waals surface area contributed by atoms with E-state index in [1.807, 2.05) is 35.2 Å². The van der Waals surface area contributed by atoms with Crippen molar-refractivity contribution in [1.29, 1.82) is 0 Å². The van der Waals surface area contributed by atoms with Gasteiger partial charge in [0, 0.05) is 19.6 Å². The third-order valence-corrected chi connectivity index (χ3v) is 3.47. The summed E-state index contributed by atoms with van der Waals surface area (Å²) >= 11 is 0. The minimum absolute atomic E-state index is 0.0617. The number of carbonyl (C=O) groups excluding carboxylic acids is 1. The molecule has 0 atom stereocenters. The lowest BCUT2D eigenvalue weighted by atomic mass is 9.84. The molecule has 3 heteroatoms. The molecule has 1 aliphatic heterocycles. The second kappa shape index (κ2) is 5.42. The number of carbonyl (C=O) groups is 1. The molecule has 18 heavy (non-hydrogen) atoms. The molecule has 0 spiro atoms. The first kappa shape index (κ1) is 12.9. The highest BCUT2D eigenvalue weighted by Crippen LogP contribution is 2.28. The quantitative estimate of drug-likeness (QED) is 0.854. The van der Waals surface area contributed by atoms with Gasteiger partial charge < -0.3 is 10.2 Å². The number of piperidine rings is 1. The average Bonchev–Trinajstić information content (AvgIpc) is 2.36. The molecule has 2 amide bonds. The summed E-state index contributed by atoms with van der Waals surface area (Å²) in [4.78, 5) is 14.0. The Morgan fingerprint density at radius 1 is 1.33 bits per heavy atom. The number of rotatable bonds is 2. The molecule has 98 valence electrons. The molecule has 0 bridgehead atoms. The van der Waals surface area contributed by atoms with E-state index in [9.17, 15) is 4.79 Å². The topological polar surface area (TPSA) is 32.3 Å². The highest BCUT2D eigenvalue weighted by Gasteiger charge is 2.28. The maximum absolute atomic E-state index is 12.1. The number of amides is 2. The van der Waals surface area contributed by atoms with Gasteiger partial charge in [-0.25, -0.2) is 4.79 Å². The van der Waals surface area contributed by atoms with Gasteiger partial charge in [0.1, 0.15) is 0 Å². The maximum Gasteiger partial charge on any atom is 0.317 e. The molecule has 0 aromatic heterocycles. The first-order valence-electron chi connectivity index (χ1n) is 6.64. The number of urea groups is 1. The van der Waals surface area contributed by atoms with Crippen molar-refractivity contribution in [3.05, 3.63) is 35.9 Å². The molecule has 1 aliphatic rings. The van der Waals surface area contributed by atoms with Crippen molar-refractivity contribution in [2.75, 3.05) is 13.1 Å². The van der Waals surface area contributed by atoms with E-state index >= 15 is 0 Å². The van der Waals surface area contributed by atoms with Crippen LogP contribution in [0.25, 0.3) is 0 Å². The highest BCUT2D eigenvalue weighted by atomic mass is 16.2. The number of benzene rings is 1. The predicted octanol–water partition coefficient (Wildman–Crippen LogP) is 3.02. The molecule has 3 nitrogen and oxygen atoms in total. The molecule has 2 rings (SSSR count). The molecule has 1 fully saturated rings. The summed E-state index contributed by atoms with van der Waals surface area (Å²) in [5.74, 6) is 0. The fourth-order valence-electron chi connectivity index (χ4n) is 2.48. The van der Waals surface area contributed by atoms with Gasteiger partial charge in [0.15, 0.2) is 0 Å². The first-order chi connectivity index (χ1) is 8.57. The molecule has 0 radical (unpaired) electrons. The summed E-state index contributed by atoms with van der Waals surface area (Å²) in [6, 6.07) is 10.1. The zero-order valence-corrected chi connectivity index (χ0v) is 11.3. The zero-order valence-electron chi connectivity index (χ0n) is 11.3. The lowest BCUT2D eigenvalue weighted by Gasteiger charge is -2.37. The smallest absolute Gasteiger partial charge is 0.317 e. The molecule has 1 aromatic carbocycles. The van der Waals surface area contributed by atoms with Crippen molar-refractivity contribution in [2.45, 2.75) is 33.2 Å². The number of nitrogens with zero attached hydrogens (tertiary/aromatic N) is 1. The van der Waals surface area contributed by atoms with Crippen LogP contribution in [0.1, 0.15) is 32.3 Å². The van der Waals surface area contributed by atoms with Gasteiger partial charge in [0.05, 0.1) is 0 Å². The molecule has 0 aliphatic carbocycles. The van der Waals surface area contributed by atoms with Gasteiger partial charge in [-0.3, -0.25) is 0 Å². The van der Waals surface area contributed by atoms with E-state index in [4.69, 9.17) is 0 Å². The monoisotopic (exact) mass is 246 g/mol. The Kier molecular flexibility index (Phi) is 3.90. The summed E-state index contributed by atoms with van der Waals surface area (Å²) in [5.41, 5.74) is 1.39. The van der Waals surface area contributed by atoms with Gasteiger partial charge >= 0.3 is 6.03 Å². The Balaban J connectivity index is 1.85. The molecule has 1 N–H and O–H groups in total. The fourth-order valence-corrected chi connectivity index (χ4v) is 2.48. The van der Waals surface area contributed by atoms with E-state index in [1.165, 1.54) is 6.42 Å². The van der Waals surface area contributed by atoms with Gasteiger partial charge in [0.2, 0.25) is 0 Å². The Morgan fingerprint density at radius 2 is 2.06 bits per heavy atom. The van der Waals surface area contributed by atoms with Gasteiger partial charge in [-0.1, -0.05) is 44.2 Å². The van der Waals surface area contributed by atoms with Crippen molar-refractivity contribution >= 4 is 6.03 Å². The van der Waals surface area contributed by atoms with E-state index in [2.05, 4.69) is 19.2 Å². The summed E-state index contributed by atoms with van der Waals surface area (Å²) in [7, 11) is 0. The van der Waals surface area contributed by atoms with Crippen molar-refractivity contribution in [2.24, 2.45) is 5.41 Å². The summed E-state index contributed by atoms with van der Waals surface area (Å²) in [5, 5.41) is 2.99. The third kappa shape index (κ3) is 3.49. The lowest BCUT2D eigenvalue weighted by molar-refractivity contribution is 0.129. The molecule has 1 aromatic rings. The van der Waals surface area contributed by atoms with Crippen LogP contribution in [0.4, 0.5) is 4.79 Å². The van der Waals surface area contributed by atoms with Crippen molar-refractivity contribution < 1.29 is 4.79 Å². The average molecular weight is 246 g/mol. The largest absolute Gasteiger partial charge is 0.334 e.